The van der Waals surface area contributed by atoms with Crippen LogP contribution in [-0.4, -0.2) is 60.3 Å². The van der Waals surface area contributed by atoms with Crippen LogP contribution in [0, 0.1) is 0 Å². The molecule has 0 amide bonds. The number of hydrogen-bond acceptors (Lipinski definition) is 8. The lowest BCUT2D eigenvalue weighted by atomic mass is 10.0. The van der Waals surface area contributed by atoms with Gasteiger partial charge < -0.3 is 20.5 Å². The fourth-order valence-electron chi connectivity index (χ4n) is 4.58. The molecule has 1 saturated heterocycles. The summed E-state index contributed by atoms with van der Waals surface area (Å²) in [7, 11) is -3.35. The fraction of sp³-hybridized carbons (Fsp3) is 0.500. The number of H-pyrrole nitrogens is 1. The monoisotopic (exact) mass is 491 g/mol. The molecule has 0 bridgehead atoms. The first-order valence-electron chi connectivity index (χ1n) is 11.4. The van der Waals surface area contributed by atoms with Crippen LogP contribution in [0.25, 0.3) is 11.0 Å². The van der Waals surface area contributed by atoms with Gasteiger partial charge in [0.05, 0.1) is 23.3 Å². The summed E-state index contributed by atoms with van der Waals surface area (Å²) in [5.41, 5.74) is 2.56. The van der Waals surface area contributed by atoms with E-state index in [4.69, 9.17) is 4.98 Å². The van der Waals surface area contributed by atoms with Gasteiger partial charge in [-0.3, -0.25) is 0 Å². The van der Waals surface area contributed by atoms with Gasteiger partial charge in [0.2, 0.25) is 5.95 Å². The summed E-state index contributed by atoms with van der Waals surface area (Å²) < 4.78 is 24.9. The number of anilines is 3. The zero-order chi connectivity index (χ0) is 22.1. The van der Waals surface area contributed by atoms with E-state index in [1.165, 1.54) is 12.8 Å². The maximum atomic E-state index is 12.4. The molecule has 0 radical (unpaired) electrons. The average Bonchev–Trinajstić information content (AvgIpc) is 3.50. The summed E-state index contributed by atoms with van der Waals surface area (Å²) in [5.74, 6) is 1.45. The number of rotatable bonds is 6. The quantitative estimate of drug-likeness (QED) is 0.480. The van der Waals surface area contributed by atoms with Crippen molar-refractivity contribution in [2.75, 3.05) is 42.1 Å². The van der Waals surface area contributed by atoms with Gasteiger partial charge in [0.25, 0.3) is 0 Å². The number of nitrogens with one attached hydrogen (secondary N) is 3. The first-order chi connectivity index (χ1) is 15.5. The highest BCUT2D eigenvalue weighted by Gasteiger charge is 2.25. The predicted molar refractivity (Wildman–Crippen MR) is 133 cm³/mol. The van der Waals surface area contributed by atoms with Crippen LogP contribution in [0.1, 0.15) is 44.2 Å². The second-order valence-corrected chi connectivity index (χ2v) is 10.7. The van der Waals surface area contributed by atoms with E-state index in [9.17, 15) is 8.42 Å². The average molecular weight is 492 g/mol. The van der Waals surface area contributed by atoms with Gasteiger partial charge >= 0.3 is 0 Å². The van der Waals surface area contributed by atoms with Gasteiger partial charge in [-0.15, -0.1) is 12.4 Å². The number of sulfone groups is 1. The highest BCUT2D eigenvalue weighted by molar-refractivity contribution is 7.91. The van der Waals surface area contributed by atoms with Crippen LogP contribution in [0.5, 0.6) is 0 Å². The van der Waals surface area contributed by atoms with Crippen LogP contribution in [0.3, 0.4) is 0 Å². The highest BCUT2D eigenvalue weighted by Crippen LogP contribution is 2.37. The Balaban J connectivity index is 0.00000259. The van der Waals surface area contributed by atoms with Gasteiger partial charge in [0.15, 0.2) is 9.84 Å². The minimum absolute atomic E-state index is 0. The normalized spacial score (nSPS) is 17.3. The summed E-state index contributed by atoms with van der Waals surface area (Å²) in [6, 6.07) is 5.69. The number of pyridine rings is 1. The van der Waals surface area contributed by atoms with Crippen LogP contribution in [0.15, 0.2) is 29.4 Å². The van der Waals surface area contributed by atoms with E-state index in [0.717, 1.165) is 55.8 Å². The molecule has 4 heterocycles. The van der Waals surface area contributed by atoms with Crippen molar-refractivity contribution in [3.63, 3.8) is 0 Å². The minimum atomic E-state index is -3.35. The molecule has 0 unspecified atom stereocenters. The molecule has 0 spiro atoms. The molecule has 0 atom stereocenters. The van der Waals surface area contributed by atoms with Crippen molar-refractivity contribution in [2.24, 2.45) is 0 Å². The van der Waals surface area contributed by atoms with Crippen molar-refractivity contribution < 1.29 is 8.42 Å². The van der Waals surface area contributed by atoms with E-state index in [1.54, 1.807) is 13.0 Å². The lowest BCUT2D eigenvalue weighted by Gasteiger charge is -2.29. The maximum Gasteiger partial charge on any atom is 0.230 e. The lowest BCUT2D eigenvalue weighted by molar-refractivity contribution is 0.589. The summed E-state index contributed by atoms with van der Waals surface area (Å²) in [6.45, 7) is 5.53. The van der Waals surface area contributed by atoms with E-state index in [1.807, 2.05) is 12.3 Å². The Morgan fingerprint density at radius 1 is 1.15 bits per heavy atom. The van der Waals surface area contributed by atoms with Gasteiger partial charge in [-0.1, -0.05) is 19.8 Å². The zero-order valence-electron chi connectivity index (χ0n) is 18.7. The van der Waals surface area contributed by atoms with Crippen molar-refractivity contribution in [1.82, 2.24) is 25.3 Å². The Bertz CT molecular complexity index is 1200. The molecular formula is C22H30ClN7O2S. The van der Waals surface area contributed by atoms with Crippen molar-refractivity contribution in [2.45, 2.75) is 43.6 Å². The van der Waals surface area contributed by atoms with Gasteiger partial charge in [0, 0.05) is 37.5 Å². The second-order valence-electron chi connectivity index (χ2n) is 8.48. The maximum absolute atomic E-state index is 12.4. The van der Waals surface area contributed by atoms with E-state index in [0.29, 0.717) is 23.3 Å². The zero-order valence-corrected chi connectivity index (χ0v) is 20.3. The Morgan fingerprint density at radius 2 is 1.91 bits per heavy atom. The molecule has 9 nitrogen and oxygen atoms in total. The van der Waals surface area contributed by atoms with Gasteiger partial charge in [-0.2, -0.15) is 4.98 Å². The molecule has 0 aromatic carbocycles. The van der Waals surface area contributed by atoms with Crippen LogP contribution in [0.2, 0.25) is 0 Å². The highest BCUT2D eigenvalue weighted by atomic mass is 35.5. The second kappa shape index (κ2) is 9.82. The van der Waals surface area contributed by atoms with Gasteiger partial charge in [-0.25, -0.2) is 18.4 Å². The van der Waals surface area contributed by atoms with Crippen molar-refractivity contribution in [3.05, 3.63) is 30.1 Å². The molecule has 3 N–H and O–H groups in total. The molecule has 11 heteroatoms. The number of nitrogens with zero attached hydrogens (tertiary/aromatic N) is 4. The Hall–Kier alpha value is -2.43. The number of aromatic nitrogens is 4. The molecule has 33 heavy (non-hydrogen) atoms. The standard InChI is InChI=1S/C22H29N7O2S.ClH/c1-2-32(30,31)19-13-17-20(15-5-3-4-6-15)27-22(28-21(17)26-19)25-18-8-7-16(14-24-18)29-11-9-23-10-12-29;/h7-8,13-15,23H,2-6,9-12H2,1H3,(H2,24,25,26,27,28);1H. The first-order valence-corrected chi connectivity index (χ1v) is 13.0. The number of halogens is 1. The number of hydrogen-bond donors (Lipinski definition) is 3. The van der Waals surface area contributed by atoms with Gasteiger partial charge in [-0.05, 0) is 31.0 Å². The minimum Gasteiger partial charge on any atom is -0.368 e. The third-order valence-electron chi connectivity index (χ3n) is 6.42. The topological polar surface area (TPSA) is 116 Å². The fourth-order valence-corrected chi connectivity index (χ4v) is 5.44. The molecular weight excluding hydrogens is 462 g/mol. The molecule has 178 valence electrons. The third-order valence-corrected chi connectivity index (χ3v) is 8.07. The molecule has 3 aromatic heterocycles. The largest absolute Gasteiger partial charge is 0.368 e. The van der Waals surface area contributed by atoms with Crippen LogP contribution in [-0.2, 0) is 9.84 Å². The summed E-state index contributed by atoms with van der Waals surface area (Å²) in [4.78, 5) is 19.3. The van der Waals surface area contributed by atoms with E-state index in [2.05, 4.69) is 36.6 Å². The SMILES string of the molecule is CCS(=O)(=O)c1cc2c(C3CCCC3)nc(Nc3ccc(N4CCNCC4)cn3)nc2[nH]1.Cl. The van der Waals surface area contributed by atoms with Crippen LogP contribution >= 0.6 is 12.4 Å². The number of aromatic amines is 1. The molecule has 2 aliphatic rings. The summed E-state index contributed by atoms with van der Waals surface area (Å²) in [6.07, 6.45) is 6.32. The summed E-state index contributed by atoms with van der Waals surface area (Å²) >= 11 is 0. The van der Waals surface area contributed by atoms with Crippen LogP contribution < -0.4 is 15.5 Å². The Morgan fingerprint density at radius 3 is 2.58 bits per heavy atom. The Labute approximate surface area is 200 Å². The predicted octanol–water partition coefficient (Wildman–Crippen LogP) is 3.38. The Kier molecular flexibility index (Phi) is 7.06. The molecule has 5 rings (SSSR count). The van der Waals surface area contributed by atoms with Crippen molar-refractivity contribution in [3.8, 4) is 0 Å². The molecule has 3 aromatic rings. The van der Waals surface area contributed by atoms with Crippen molar-refractivity contribution >= 4 is 50.7 Å². The third kappa shape index (κ3) is 4.92. The number of fused-ring (bicyclic) bond motifs is 1. The molecule has 1 aliphatic heterocycles. The van der Waals surface area contributed by atoms with E-state index >= 15 is 0 Å². The van der Waals surface area contributed by atoms with Gasteiger partial charge in [0.1, 0.15) is 16.5 Å². The molecule has 1 aliphatic carbocycles. The van der Waals surface area contributed by atoms with Crippen LogP contribution in [0.4, 0.5) is 17.5 Å². The summed E-state index contributed by atoms with van der Waals surface area (Å²) in [5, 5.41) is 7.58. The molecule has 1 saturated carbocycles. The van der Waals surface area contributed by atoms with E-state index < -0.39 is 9.84 Å². The molecule has 2 fully saturated rings. The lowest BCUT2D eigenvalue weighted by Crippen LogP contribution is -2.43. The van der Waals surface area contributed by atoms with Crippen molar-refractivity contribution in [1.29, 1.82) is 0 Å². The smallest absolute Gasteiger partial charge is 0.230 e. The first kappa shape index (κ1) is 23.7. The number of piperazine rings is 1. The van der Waals surface area contributed by atoms with E-state index in [-0.39, 0.29) is 23.2 Å².